The van der Waals surface area contributed by atoms with Gasteiger partial charge in [-0.15, -0.1) is 0 Å². The van der Waals surface area contributed by atoms with E-state index in [0.29, 0.717) is 21.9 Å². The van der Waals surface area contributed by atoms with Crippen LogP contribution in [-0.4, -0.2) is 50.7 Å². The molecule has 0 spiro atoms. The first kappa shape index (κ1) is 41.0. The number of carbonyl (C=O) groups excluding carboxylic acids is 2. The molecule has 0 saturated heterocycles. The van der Waals surface area contributed by atoms with Crippen LogP contribution in [0, 0.1) is 22.7 Å². The number of alkyl halides is 6. The molecule has 4 aromatic rings. The topological polar surface area (TPSA) is 169 Å². The van der Waals surface area contributed by atoms with Crippen LogP contribution in [-0.2, 0) is 21.9 Å². The van der Waals surface area contributed by atoms with Crippen molar-refractivity contribution in [1.82, 2.24) is 9.80 Å². The molecule has 2 atom stereocenters. The number of allylic oxidation sites excluding steroid dienone is 2. The van der Waals surface area contributed by atoms with E-state index in [1.165, 1.54) is 62.4 Å². The van der Waals surface area contributed by atoms with E-state index >= 15 is 0 Å². The van der Waals surface area contributed by atoms with E-state index in [-0.39, 0.29) is 33.6 Å². The van der Waals surface area contributed by atoms with Gasteiger partial charge in [0.2, 0.25) is 0 Å². The molecule has 6 rings (SSSR count). The molecule has 0 radical (unpaired) electrons. The molecule has 4 aromatic carbocycles. The maximum Gasteiger partial charge on any atom is 0.416 e. The molecular weight excluding hydrogens is 786 g/mol. The standard InChI is InChI=1S/C41H28F6N6O6/c1-22-32(36(54)55)34(26-13-9-24(19-48)10-14-26)50(38(58)52(22)30-7-3-5-28(17-30)40(42,43)44)21-51-35(27-15-11-25(20-49)12-16-27)33(37(56)57)23(2)53(39(51)59)31-8-4-6-29(18-31)41(45,46)47/h3-18,34-35H,21H2,1-2H3,(H,54,55)(H,56,57)/t34-,35-/m1/s1. The summed E-state index contributed by atoms with van der Waals surface area (Å²) in [5.41, 5.74) is -4.65. The highest BCUT2D eigenvalue weighted by Gasteiger charge is 2.49. The summed E-state index contributed by atoms with van der Waals surface area (Å²) in [6.07, 6.45) is -9.79. The van der Waals surface area contributed by atoms with Gasteiger partial charge in [0.05, 0.1) is 69.0 Å². The first-order chi connectivity index (χ1) is 27.8. The first-order valence-corrected chi connectivity index (χ1v) is 17.2. The van der Waals surface area contributed by atoms with Crippen LogP contribution in [0.5, 0.6) is 0 Å². The Hall–Kier alpha value is -7.60. The zero-order valence-corrected chi connectivity index (χ0v) is 30.6. The predicted molar refractivity (Wildman–Crippen MR) is 196 cm³/mol. The van der Waals surface area contributed by atoms with Crippen molar-refractivity contribution in [3.8, 4) is 12.1 Å². The minimum atomic E-state index is -4.90. The van der Waals surface area contributed by atoms with Crippen molar-refractivity contribution in [1.29, 1.82) is 10.5 Å². The number of urea groups is 2. The van der Waals surface area contributed by atoms with Crippen LogP contribution < -0.4 is 9.80 Å². The van der Waals surface area contributed by atoms with Crippen LogP contribution in [0.15, 0.2) is 120 Å². The van der Waals surface area contributed by atoms with Gasteiger partial charge in [-0.2, -0.15) is 36.9 Å². The minimum absolute atomic E-state index is 0.0529. The highest BCUT2D eigenvalue weighted by atomic mass is 19.4. The Kier molecular flexibility index (Phi) is 10.7. The van der Waals surface area contributed by atoms with Crippen molar-refractivity contribution in [2.75, 3.05) is 16.5 Å². The molecule has 4 amide bonds. The Morgan fingerprint density at radius 2 is 0.949 bits per heavy atom. The first-order valence-electron chi connectivity index (χ1n) is 17.2. The number of nitriles is 2. The van der Waals surface area contributed by atoms with Crippen molar-refractivity contribution in [3.63, 3.8) is 0 Å². The van der Waals surface area contributed by atoms with Crippen LogP contribution in [0.3, 0.4) is 0 Å². The second-order valence-electron chi connectivity index (χ2n) is 13.3. The van der Waals surface area contributed by atoms with E-state index in [1.54, 1.807) is 0 Å². The lowest BCUT2D eigenvalue weighted by Gasteiger charge is -2.48. The molecule has 2 N–H and O–H groups in total. The second kappa shape index (κ2) is 15.4. The van der Waals surface area contributed by atoms with Crippen LogP contribution >= 0.6 is 0 Å². The van der Waals surface area contributed by atoms with Crippen molar-refractivity contribution in [2.24, 2.45) is 0 Å². The zero-order valence-electron chi connectivity index (χ0n) is 30.6. The van der Waals surface area contributed by atoms with Gasteiger partial charge >= 0.3 is 36.4 Å². The molecule has 2 aliphatic heterocycles. The summed E-state index contributed by atoms with van der Waals surface area (Å²) in [5.74, 6) is -3.29. The van der Waals surface area contributed by atoms with Crippen LogP contribution in [0.2, 0.25) is 0 Å². The molecule has 2 aliphatic rings. The Labute approximate surface area is 330 Å². The van der Waals surface area contributed by atoms with E-state index in [0.717, 1.165) is 46.2 Å². The summed E-state index contributed by atoms with van der Waals surface area (Å²) in [6.45, 7) is 1.35. The van der Waals surface area contributed by atoms with Crippen molar-refractivity contribution >= 4 is 35.4 Å². The summed E-state index contributed by atoms with van der Waals surface area (Å²) in [4.78, 5) is 59.2. The third-order valence-corrected chi connectivity index (χ3v) is 9.83. The van der Waals surface area contributed by atoms with Crippen molar-refractivity contribution in [2.45, 2.75) is 38.3 Å². The number of anilines is 2. The molecule has 0 aliphatic carbocycles. The summed E-state index contributed by atoms with van der Waals surface area (Å²) in [7, 11) is 0. The van der Waals surface area contributed by atoms with Crippen molar-refractivity contribution < 1.29 is 55.7 Å². The summed E-state index contributed by atoms with van der Waals surface area (Å²) in [6, 6.07) is 15.5. The highest BCUT2D eigenvalue weighted by Crippen LogP contribution is 2.45. The SMILES string of the molecule is CC1=C(C(=O)O)[C@@H](c2ccc(C#N)cc2)N(CN2C(=O)N(c3cccc(C(F)(F)F)c3)C(C)=C(C(=O)O)[C@H]2c2ccc(C#N)cc2)C(=O)N1c1cccc(C(F)(F)F)c1. The van der Waals surface area contributed by atoms with E-state index in [2.05, 4.69) is 0 Å². The number of carboxylic acid groups (broad SMARTS) is 2. The fourth-order valence-corrected chi connectivity index (χ4v) is 7.13. The van der Waals surface area contributed by atoms with Gasteiger partial charge in [-0.1, -0.05) is 36.4 Å². The number of aliphatic carboxylic acids is 2. The smallest absolute Gasteiger partial charge is 0.416 e. The number of benzene rings is 4. The lowest BCUT2D eigenvalue weighted by molar-refractivity contribution is -0.138. The van der Waals surface area contributed by atoms with E-state index in [9.17, 15) is 66.3 Å². The average molecular weight is 815 g/mol. The summed E-state index contributed by atoms with van der Waals surface area (Å²) >= 11 is 0. The molecular formula is C41H28F6N6O6. The highest BCUT2D eigenvalue weighted by molar-refractivity contribution is 6.05. The predicted octanol–water partition coefficient (Wildman–Crippen LogP) is 8.81. The van der Waals surface area contributed by atoms with E-state index in [1.807, 2.05) is 12.1 Å². The lowest BCUT2D eigenvalue weighted by atomic mass is 9.91. The minimum Gasteiger partial charge on any atom is -0.478 e. The van der Waals surface area contributed by atoms with Gasteiger partial charge in [0.25, 0.3) is 0 Å². The second-order valence-corrected chi connectivity index (χ2v) is 13.3. The van der Waals surface area contributed by atoms with Crippen LogP contribution in [0.25, 0.3) is 0 Å². The average Bonchev–Trinajstić information content (AvgIpc) is 3.19. The number of halogens is 6. The summed E-state index contributed by atoms with van der Waals surface area (Å²) < 4.78 is 83.6. The molecule has 12 nitrogen and oxygen atoms in total. The molecule has 0 bridgehead atoms. The van der Waals surface area contributed by atoms with Gasteiger partial charge < -0.3 is 10.2 Å². The fourth-order valence-electron chi connectivity index (χ4n) is 7.13. The molecule has 300 valence electrons. The van der Waals surface area contributed by atoms with E-state index in [4.69, 9.17) is 0 Å². The monoisotopic (exact) mass is 814 g/mol. The third-order valence-electron chi connectivity index (χ3n) is 9.83. The van der Waals surface area contributed by atoms with Crippen molar-refractivity contribution in [3.05, 3.63) is 153 Å². The third kappa shape index (κ3) is 7.63. The number of hydrogen-bond donors (Lipinski definition) is 2. The Balaban J connectivity index is 1.63. The van der Waals surface area contributed by atoms with Crippen LogP contribution in [0.4, 0.5) is 47.3 Å². The van der Waals surface area contributed by atoms with Gasteiger partial charge in [-0.25, -0.2) is 19.2 Å². The van der Waals surface area contributed by atoms with Gasteiger partial charge in [-0.05, 0) is 85.6 Å². The van der Waals surface area contributed by atoms with Gasteiger partial charge in [0, 0.05) is 11.4 Å². The molecule has 18 heteroatoms. The number of amides is 4. The summed E-state index contributed by atoms with van der Waals surface area (Å²) in [5, 5.41) is 40.3. The number of carboxylic acids is 2. The zero-order chi connectivity index (χ0) is 43.1. The molecule has 59 heavy (non-hydrogen) atoms. The molecule has 0 unspecified atom stereocenters. The quantitative estimate of drug-likeness (QED) is 0.166. The number of rotatable bonds is 8. The lowest BCUT2D eigenvalue weighted by Crippen LogP contribution is -2.59. The number of hydrogen-bond acceptors (Lipinski definition) is 6. The molecule has 0 saturated carbocycles. The largest absolute Gasteiger partial charge is 0.478 e. The van der Waals surface area contributed by atoms with Gasteiger partial charge in [0.1, 0.15) is 6.67 Å². The molecule has 0 aromatic heterocycles. The number of carbonyl (C=O) groups is 4. The van der Waals surface area contributed by atoms with E-state index < -0.39 is 88.8 Å². The number of nitrogens with zero attached hydrogens (tertiary/aromatic N) is 6. The molecule has 2 heterocycles. The normalized spacial score (nSPS) is 17.6. The Morgan fingerprint density at radius 3 is 1.24 bits per heavy atom. The molecule has 0 fully saturated rings. The Morgan fingerprint density at radius 1 is 0.610 bits per heavy atom. The maximum absolute atomic E-state index is 14.9. The maximum atomic E-state index is 14.9. The van der Waals surface area contributed by atoms with Crippen LogP contribution in [0.1, 0.15) is 59.3 Å². The van der Waals surface area contributed by atoms with Gasteiger partial charge in [-0.3, -0.25) is 19.6 Å². The Bertz CT molecular complexity index is 2360. The fraction of sp³-hybridized carbons (Fsp3) is 0.171. The van der Waals surface area contributed by atoms with Gasteiger partial charge in [0.15, 0.2) is 0 Å².